The fourth-order valence-electron chi connectivity index (χ4n) is 3.81. The Bertz CT molecular complexity index is 1060. The Balaban J connectivity index is 1.67. The van der Waals surface area contributed by atoms with Crippen molar-refractivity contribution in [3.05, 3.63) is 58.6 Å². The number of halogens is 1. The molecule has 0 unspecified atom stereocenters. The molecule has 2 heterocycles. The van der Waals surface area contributed by atoms with Gasteiger partial charge in [0.1, 0.15) is 11.3 Å². The molecule has 6 nitrogen and oxygen atoms in total. The van der Waals surface area contributed by atoms with Gasteiger partial charge in [-0.05, 0) is 74.0 Å². The predicted molar refractivity (Wildman–Crippen MR) is 127 cm³/mol. The molecule has 2 aromatic carbocycles. The Hall–Kier alpha value is -2.90. The number of amides is 2. The SMILES string of the molecule is COc1cc(N2CCCCC2)ccc1/C=C1\C(=O)NC(=S)N(c2ccc(Cl)cc2)C1=O. The minimum Gasteiger partial charge on any atom is -0.496 e. The summed E-state index contributed by atoms with van der Waals surface area (Å²) in [6, 6.07) is 12.5. The molecule has 0 spiro atoms. The summed E-state index contributed by atoms with van der Waals surface area (Å²) >= 11 is 11.2. The van der Waals surface area contributed by atoms with E-state index in [-0.39, 0.29) is 10.7 Å². The topological polar surface area (TPSA) is 61.9 Å². The van der Waals surface area contributed by atoms with E-state index < -0.39 is 11.8 Å². The van der Waals surface area contributed by atoms with Crippen LogP contribution in [0.15, 0.2) is 48.0 Å². The average Bonchev–Trinajstić information content (AvgIpc) is 2.78. The summed E-state index contributed by atoms with van der Waals surface area (Å²) in [7, 11) is 1.58. The lowest BCUT2D eigenvalue weighted by Crippen LogP contribution is -2.54. The number of anilines is 2. The van der Waals surface area contributed by atoms with Crippen molar-refractivity contribution in [3.8, 4) is 5.75 Å². The van der Waals surface area contributed by atoms with Crippen molar-refractivity contribution < 1.29 is 14.3 Å². The molecule has 2 aromatic rings. The molecular weight excluding hydrogens is 434 g/mol. The number of methoxy groups -OCH3 is 1. The number of carbonyl (C=O) groups is 2. The van der Waals surface area contributed by atoms with Crippen LogP contribution >= 0.6 is 23.8 Å². The molecule has 2 fully saturated rings. The number of hydrogen-bond acceptors (Lipinski definition) is 5. The van der Waals surface area contributed by atoms with E-state index in [1.54, 1.807) is 37.5 Å². The fraction of sp³-hybridized carbons (Fsp3) is 0.261. The average molecular weight is 456 g/mol. The minimum atomic E-state index is -0.539. The van der Waals surface area contributed by atoms with Crippen LogP contribution in [-0.4, -0.2) is 37.1 Å². The molecule has 0 saturated carbocycles. The lowest BCUT2D eigenvalue weighted by Gasteiger charge is -2.30. The Morgan fingerprint density at radius 1 is 1.03 bits per heavy atom. The van der Waals surface area contributed by atoms with Crippen LogP contribution in [0, 0.1) is 0 Å². The monoisotopic (exact) mass is 455 g/mol. The van der Waals surface area contributed by atoms with Gasteiger partial charge < -0.3 is 9.64 Å². The van der Waals surface area contributed by atoms with E-state index in [0.717, 1.165) is 18.8 Å². The van der Waals surface area contributed by atoms with E-state index in [1.165, 1.54) is 24.2 Å². The number of piperidine rings is 1. The zero-order valence-corrected chi connectivity index (χ0v) is 18.6. The third kappa shape index (κ3) is 4.43. The van der Waals surface area contributed by atoms with Crippen LogP contribution in [0.2, 0.25) is 5.02 Å². The number of rotatable bonds is 4. The second-order valence-corrected chi connectivity index (χ2v) is 8.23. The molecule has 0 radical (unpaired) electrons. The van der Waals surface area contributed by atoms with E-state index in [1.807, 2.05) is 18.2 Å². The number of nitrogens with one attached hydrogen (secondary N) is 1. The van der Waals surface area contributed by atoms with Gasteiger partial charge in [0, 0.05) is 35.4 Å². The number of nitrogens with zero attached hydrogens (tertiary/aromatic N) is 2. The van der Waals surface area contributed by atoms with E-state index in [4.69, 9.17) is 28.6 Å². The van der Waals surface area contributed by atoms with Gasteiger partial charge in [-0.1, -0.05) is 11.6 Å². The second kappa shape index (κ2) is 9.08. The summed E-state index contributed by atoms with van der Waals surface area (Å²) in [5.41, 5.74) is 2.22. The van der Waals surface area contributed by atoms with Crippen molar-refractivity contribution in [1.29, 1.82) is 0 Å². The largest absolute Gasteiger partial charge is 0.496 e. The number of ether oxygens (including phenoxy) is 1. The molecule has 8 heteroatoms. The van der Waals surface area contributed by atoms with E-state index in [9.17, 15) is 9.59 Å². The number of benzene rings is 2. The van der Waals surface area contributed by atoms with Gasteiger partial charge in [-0.3, -0.25) is 19.8 Å². The first kappa shape index (κ1) is 21.3. The van der Waals surface area contributed by atoms with Crippen LogP contribution in [-0.2, 0) is 9.59 Å². The summed E-state index contributed by atoms with van der Waals surface area (Å²) in [5, 5.41) is 3.16. The van der Waals surface area contributed by atoms with Gasteiger partial charge in [0.25, 0.3) is 11.8 Å². The van der Waals surface area contributed by atoms with Gasteiger partial charge in [-0.2, -0.15) is 0 Å². The molecule has 0 aliphatic carbocycles. The first-order valence-electron chi connectivity index (χ1n) is 10.1. The normalized spacial score (nSPS) is 18.4. The smallest absolute Gasteiger partial charge is 0.270 e. The molecule has 4 rings (SSSR count). The molecule has 31 heavy (non-hydrogen) atoms. The van der Waals surface area contributed by atoms with Gasteiger partial charge in [-0.15, -0.1) is 0 Å². The summed E-state index contributed by atoms with van der Waals surface area (Å²) in [5.74, 6) is -0.442. The van der Waals surface area contributed by atoms with E-state index in [0.29, 0.717) is 22.0 Å². The number of hydrogen-bond donors (Lipinski definition) is 1. The van der Waals surface area contributed by atoms with Crippen LogP contribution in [0.4, 0.5) is 11.4 Å². The fourth-order valence-corrected chi connectivity index (χ4v) is 4.21. The molecule has 0 bridgehead atoms. The maximum atomic E-state index is 13.2. The van der Waals surface area contributed by atoms with Crippen LogP contribution < -0.4 is 19.9 Å². The molecule has 2 aliphatic heterocycles. The number of carbonyl (C=O) groups excluding carboxylic acids is 2. The second-order valence-electron chi connectivity index (χ2n) is 7.41. The van der Waals surface area contributed by atoms with Crippen LogP contribution in [0.1, 0.15) is 24.8 Å². The van der Waals surface area contributed by atoms with E-state index in [2.05, 4.69) is 10.2 Å². The first-order chi connectivity index (χ1) is 15.0. The van der Waals surface area contributed by atoms with Crippen LogP contribution in [0.5, 0.6) is 5.75 Å². The van der Waals surface area contributed by atoms with Crippen molar-refractivity contribution >= 4 is 58.2 Å². The molecule has 160 valence electrons. The molecule has 2 aliphatic rings. The zero-order valence-electron chi connectivity index (χ0n) is 17.1. The highest BCUT2D eigenvalue weighted by Gasteiger charge is 2.34. The van der Waals surface area contributed by atoms with Crippen molar-refractivity contribution in [1.82, 2.24) is 5.32 Å². The standard InChI is InChI=1S/C23H22ClN3O3S/c1-30-20-14-18(26-11-3-2-4-12-26)8-5-15(20)13-19-21(28)25-23(31)27(22(19)29)17-9-6-16(24)7-10-17/h5-10,13-14H,2-4,11-12H2,1H3,(H,25,28,31)/b19-13+. The molecule has 2 saturated heterocycles. The van der Waals surface area contributed by atoms with Crippen molar-refractivity contribution in [2.45, 2.75) is 19.3 Å². The molecule has 1 N–H and O–H groups in total. The van der Waals surface area contributed by atoms with E-state index >= 15 is 0 Å². The lowest BCUT2D eigenvalue weighted by atomic mass is 10.0. The molecular formula is C23H22ClN3O3S. The van der Waals surface area contributed by atoms with Gasteiger partial charge in [0.15, 0.2) is 5.11 Å². The Morgan fingerprint density at radius 2 is 1.71 bits per heavy atom. The summed E-state index contributed by atoms with van der Waals surface area (Å²) in [6.07, 6.45) is 5.13. The van der Waals surface area contributed by atoms with Crippen molar-refractivity contribution in [2.75, 3.05) is 30.0 Å². The predicted octanol–water partition coefficient (Wildman–Crippen LogP) is 4.17. The minimum absolute atomic E-state index is 0.0208. The third-order valence-electron chi connectivity index (χ3n) is 5.42. The quantitative estimate of drug-likeness (QED) is 0.426. The van der Waals surface area contributed by atoms with Crippen molar-refractivity contribution in [2.24, 2.45) is 0 Å². The Kier molecular flexibility index (Phi) is 6.25. The van der Waals surface area contributed by atoms with Crippen molar-refractivity contribution in [3.63, 3.8) is 0 Å². The highest BCUT2D eigenvalue weighted by atomic mass is 35.5. The van der Waals surface area contributed by atoms with Gasteiger partial charge in [0.2, 0.25) is 0 Å². The third-order valence-corrected chi connectivity index (χ3v) is 5.96. The van der Waals surface area contributed by atoms with Gasteiger partial charge >= 0.3 is 0 Å². The lowest BCUT2D eigenvalue weighted by molar-refractivity contribution is -0.122. The molecule has 0 atom stereocenters. The molecule has 0 aromatic heterocycles. The zero-order chi connectivity index (χ0) is 22.0. The summed E-state index contributed by atoms with van der Waals surface area (Å²) < 4.78 is 5.57. The summed E-state index contributed by atoms with van der Waals surface area (Å²) in [6.45, 7) is 2.02. The molecule has 2 amide bonds. The van der Waals surface area contributed by atoms with Crippen LogP contribution in [0.3, 0.4) is 0 Å². The maximum absolute atomic E-state index is 13.2. The van der Waals surface area contributed by atoms with Crippen LogP contribution in [0.25, 0.3) is 6.08 Å². The first-order valence-corrected chi connectivity index (χ1v) is 10.9. The highest BCUT2D eigenvalue weighted by molar-refractivity contribution is 7.80. The number of thiocarbonyl (C=S) groups is 1. The van der Waals surface area contributed by atoms with Gasteiger partial charge in [0.05, 0.1) is 12.8 Å². The maximum Gasteiger partial charge on any atom is 0.270 e. The van der Waals surface area contributed by atoms with Gasteiger partial charge in [-0.25, -0.2) is 0 Å². The Labute approximate surface area is 191 Å². The Morgan fingerprint density at radius 3 is 2.39 bits per heavy atom. The highest BCUT2D eigenvalue weighted by Crippen LogP contribution is 2.30. The summed E-state index contributed by atoms with van der Waals surface area (Å²) in [4.78, 5) is 29.4.